The molecule has 3 heterocycles. The third kappa shape index (κ3) is 6.63. The van der Waals surface area contributed by atoms with Crippen molar-refractivity contribution in [3.63, 3.8) is 0 Å². The van der Waals surface area contributed by atoms with Crippen LogP contribution in [0.3, 0.4) is 0 Å². The fourth-order valence-electron chi connectivity index (χ4n) is 5.49. The Bertz CT molecular complexity index is 1800. The van der Waals surface area contributed by atoms with E-state index >= 15 is 0 Å². The number of rotatable bonds is 11. The first-order valence-electron chi connectivity index (χ1n) is 14.8. The topological polar surface area (TPSA) is 129 Å². The first-order valence-corrected chi connectivity index (χ1v) is 17.1. The number of benzene rings is 2. The lowest BCUT2D eigenvalue weighted by molar-refractivity contribution is 0.315. The Balaban J connectivity index is 1.49. The highest BCUT2D eigenvalue weighted by Gasteiger charge is 2.28. The minimum Gasteiger partial charge on any atom is -0.494 e. The molecule has 4 aromatic rings. The van der Waals surface area contributed by atoms with Crippen molar-refractivity contribution in [2.45, 2.75) is 44.9 Å². The maximum absolute atomic E-state index is 13.3. The molecule has 14 heteroatoms. The van der Waals surface area contributed by atoms with Gasteiger partial charge < -0.3 is 25.2 Å². The second-order valence-electron chi connectivity index (χ2n) is 11.5. The van der Waals surface area contributed by atoms with Gasteiger partial charge in [-0.25, -0.2) is 13.4 Å². The van der Waals surface area contributed by atoms with Crippen LogP contribution in [-0.2, 0) is 16.4 Å². The number of methoxy groups -OCH3 is 1. The van der Waals surface area contributed by atoms with Crippen LogP contribution in [-0.4, -0.2) is 85.9 Å². The minimum atomic E-state index is -3.68. The molecule has 0 amide bonds. The number of aryl methyl sites for hydroxylation is 1. The Morgan fingerprint density at radius 2 is 1.84 bits per heavy atom. The van der Waals surface area contributed by atoms with E-state index in [1.54, 1.807) is 51.7 Å². The molecule has 2 aromatic carbocycles. The summed E-state index contributed by atoms with van der Waals surface area (Å²) in [5.74, 6) is 1.46. The van der Waals surface area contributed by atoms with Crippen molar-refractivity contribution >= 4 is 71.5 Å². The van der Waals surface area contributed by atoms with E-state index < -0.39 is 15.3 Å². The lowest BCUT2D eigenvalue weighted by Gasteiger charge is -2.26. The van der Waals surface area contributed by atoms with Crippen molar-refractivity contribution in [1.29, 1.82) is 0 Å². The van der Waals surface area contributed by atoms with E-state index in [4.69, 9.17) is 9.72 Å². The molecule has 2 aromatic heterocycles. The molecule has 1 unspecified atom stereocenters. The zero-order chi connectivity index (χ0) is 32.5. The molecule has 0 radical (unpaired) electrons. The Morgan fingerprint density at radius 1 is 1.09 bits per heavy atom. The smallest absolute Gasteiger partial charge is 0.237 e. The first-order chi connectivity index (χ1) is 21.4. The molecule has 1 saturated heterocycles. The number of nitrogens with zero attached hydrogens (tertiary/aromatic N) is 7. The van der Waals surface area contributed by atoms with E-state index in [9.17, 15) is 8.42 Å². The molecule has 0 bridgehead atoms. The summed E-state index contributed by atoms with van der Waals surface area (Å²) in [6.07, 6.45) is 6.73. The maximum atomic E-state index is 13.3. The Morgan fingerprint density at radius 3 is 2.51 bits per heavy atom. The van der Waals surface area contributed by atoms with Gasteiger partial charge in [-0.2, -0.15) is 4.98 Å². The summed E-state index contributed by atoms with van der Waals surface area (Å²) in [5, 5.41) is 6.01. The van der Waals surface area contributed by atoms with Crippen molar-refractivity contribution < 1.29 is 13.2 Å². The van der Waals surface area contributed by atoms with Crippen LogP contribution in [0.4, 0.5) is 34.5 Å². The van der Waals surface area contributed by atoms with Crippen molar-refractivity contribution in [3.8, 4) is 5.75 Å². The molecular weight excluding hydrogens is 658 g/mol. The van der Waals surface area contributed by atoms with Gasteiger partial charge in [0.05, 0.1) is 33.7 Å². The lowest BCUT2D eigenvalue weighted by atomic mass is 10.1. The van der Waals surface area contributed by atoms with Gasteiger partial charge in [-0.15, -0.1) is 0 Å². The highest BCUT2D eigenvalue weighted by atomic mass is 79.9. The molecule has 240 valence electrons. The summed E-state index contributed by atoms with van der Waals surface area (Å²) in [4.78, 5) is 22.8. The van der Waals surface area contributed by atoms with Gasteiger partial charge >= 0.3 is 0 Å². The quantitative estimate of drug-likeness (QED) is 0.205. The monoisotopic (exact) mass is 697 g/mol. The van der Waals surface area contributed by atoms with Gasteiger partial charge in [-0.05, 0) is 80.5 Å². The zero-order valence-electron chi connectivity index (χ0n) is 26.7. The van der Waals surface area contributed by atoms with Gasteiger partial charge in [-0.1, -0.05) is 6.92 Å². The van der Waals surface area contributed by atoms with E-state index in [0.717, 1.165) is 31.6 Å². The van der Waals surface area contributed by atoms with Crippen LogP contribution in [0, 0.1) is 0 Å². The van der Waals surface area contributed by atoms with Gasteiger partial charge in [0.25, 0.3) is 0 Å². The molecular formula is C31H40BrN9O3S. The van der Waals surface area contributed by atoms with Gasteiger partial charge in [-0.3, -0.25) is 14.3 Å². The van der Waals surface area contributed by atoms with Gasteiger partial charge in [0, 0.05) is 56.5 Å². The number of sulfonamides is 1. The summed E-state index contributed by atoms with van der Waals surface area (Å²) < 4.78 is 34.2. The summed E-state index contributed by atoms with van der Waals surface area (Å²) in [6.45, 7) is 7.40. The van der Waals surface area contributed by atoms with Crippen molar-refractivity contribution in [2.75, 3.05) is 61.2 Å². The number of anilines is 6. The molecule has 2 N–H and O–H groups in total. The van der Waals surface area contributed by atoms with Gasteiger partial charge in [0.15, 0.2) is 0 Å². The molecule has 0 aliphatic carbocycles. The van der Waals surface area contributed by atoms with Crippen LogP contribution in [0.15, 0.2) is 47.3 Å². The first kappa shape index (κ1) is 32.6. The lowest BCUT2D eigenvalue weighted by Crippen LogP contribution is -2.33. The molecule has 1 aliphatic heterocycles. The maximum Gasteiger partial charge on any atom is 0.237 e. The van der Waals surface area contributed by atoms with Crippen LogP contribution in [0.5, 0.6) is 5.75 Å². The van der Waals surface area contributed by atoms with Crippen LogP contribution in [0.2, 0.25) is 0 Å². The molecule has 12 nitrogen and oxygen atoms in total. The summed E-state index contributed by atoms with van der Waals surface area (Å²) >= 11 is 3.55. The van der Waals surface area contributed by atoms with Crippen LogP contribution in [0.1, 0.15) is 32.8 Å². The predicted molar refractivity (Wildman–Crippen MR) is 185 cm³/mol. The Labute approximate surface area is 273 Å². The fourth-order valence-corrected chi connectivity index (χ4v) is 6.85. The number of halogens is 1. The average molecular weight is 699 g/mol. The second kappa shape index (κ2) is 13.3. The van der Waals surface area contributed by atoms with Crippen LogP contribution >= 0.6 is 15.9 Å². The number of likely N-dealkylation sites (N-methyl/N-ethyl adjacent to an activating group) is 1. The van der Waals surface area contributed by atoms with Crippen molar-refractivity contribution in [3.05, 3.63) is 52.9 Å². The van der Waals surface area contributed by atoms with Gasteiger partial charge in [0.1, 0.15) is 22.8 Å². The van der Waals surface area contributed by atoms with E-state index in [0.29, 0.717) is 50.4 Å². The zero-order valence-corrected chi connectivity index (χ0v) is 29.1. The SMILES string of the molecule is CCc1cc(Nc2ncc(Br)c(Nc3ccc4nccnc4c3N(C)S(=O)(=O)C(C)C)n2)c(OC)cc1N1CCC(N(C)C)C1. The van der Waals surface area contributed by atoms with Crippen molar-refractivity contribution in [1.82, 2.24) is 24.8 Å². The minimum absolute atomic E-state index is 0.341. The summed E-state index contributed by atoms with van der Waals surface area (Å²) in [5.41, 5.74) is 5.01. The summed E-state index contributed by atoms with van der Waals surface area (Å²) in [7, 11) is 3.76. The number of ether oxygens (including phenoxy) is 1. The molecule has 5 rings (SSSR count). The number of nitrogens with one attached hydrogen (secondary N) is 2. The predicted octanol–water partition coefficient (Wildman–Crippen LogP) is 5.56. The highest BCUT2D eigenvalue weighted by molar-refractivity contribution is 9.10. The Hall–Kier alpha value is -3.75. The molecule has 45 heavy (non-hydrogen) atoms. The van der Waals surface area contributed by atoms with Crippen LogP contribution < -0.4 is 24.6 Å². The van der Waals surface area contributed by atoms with Crippen LogP contribution in [0.25, 0.3) is 11.0 Å². The normalized spacial score (nSPS) is 15.2. The third-order valence-corrected chi connectivity index (χ3v) is 10.9. The van der Waals surface area contributed by atoms with E-state index in [2.05, 4.69) is 84.5 Å². The standard InChI is InChI=1S/C31H40BrN9O3S/c1-8-20-15-25(27(44-7)16-26(20)41-14-11-21(18-41)39(4)5)37-31-35-17-22(32)30(38-31)36-24-10-9-23-28(34-13-12-33-23)29(24)40(6)45(42,43)19(2)3/h9-10,12-13,15-17,19,21H,8,11,14,18H2,1-7H3,(H2,35,36,37,38). The Kier molecular flexibility index (Phi) is 9.65. The fraction of sp³-hybridized carbons (Fsp3) is 0.419. The van der Waals surface area contributed by atoms with E-state index in [1.165, 1.54) is 22.6 Å². The van der Waals surface area contributed by atoms with E-state index in [-0.39, 0.29) is 0 Å². The largest absolute Gasteiger partial charge is 0.494 e. The molecule has 0 spiro atoms. The third-order valence-electron chi connectivity index (χ3n) is 8.17. The number of aromatic nitrogens is 4. The molecule has 1 fully saturated rings. The number of fused-ring (bicyclic) bond motifs is 1. The highest BCUT2D eigenvalue weighted by Crippen LogP contribution is 2.39. The van der Waals surface area contributed by atoms with Gasteiger partial charge in [0.2, 0.25) is 16.0 Å². The molecule has 1 aliphatic rings. The summed E-state index contributed by atoms with van der Waals surface area (Å²) in [6, 6.07) is 8.26. The second-order valence-corrected chi connectivity index (χ2v) is 14.8. The van der Waals surface area contributed by atoms with E-state index in [1.807, 2.05) is 0 Å². The molecule has 0 saturated carbocycles. The average Bonchev–Trinajstić information content (AvgIpc) is 3.52. The van der Waals surface area contributed by atoms with Crippen molar-refractivity contribution in [2.24, 2.45) is 0 Å². The number of hydrogen-bond acceptors (Lipinski definition) is 11. The molecule has 1 atom stereocenters. The number of hydrogen-bond donors (Lipinski definition) is 2.